The molecule has 0 unspecified atom stereocenters. The molecule has 1 fully saturated rings. The zero-order chi connectivity index (χ0) is 17.8. The van der Waals surface area contributed by atoms with Crippen LogP contribution in [0.15, 0.2) is 24.4 Å². The fourth-order valence-corrected chi connectivity index (χ4v) is 3.78. The second-order valence-corrected chi connectivity index (χ2v) is 7.19. The van der Waals surface area contributed by atoms with Crippen LogP contribution in [0.3, 0.4) is 0 Å². The summed E-state index contributed by atoms with van der Waals surface area (Å²) in [5, 5.41) is 10.8. The van der Waals surface area contributed by atoms with Crippen LogP contribution < -0.4 is 14.8 Å². The molecule has 1 aliphatic heterocycles. The van der Waals surface area contributed by atoms with Gasteiger partial charge in [-0.05, 0) is 37.0 Å². The van der Waals surface area contributed by atoms with Crippen LogP contribution in [0.1, 0.15) is 38.2 Å². The molecule has 0 radical (unpaired) electrons. The Morgan fingerprint density at radius 1 is 1.23 bits per heavy atom. The van der Waals surface area contributed by atoms with Crippen molar-refractivity contribution in [2.24, 2.45) is 5.92 Å². The van der Waals surface area contributed by atoms with Crippen LogP contribution in [-0.2, 0) is 11.3 Å². The number of aromatic amines is 1. The Hall–Kier alpha value is -2.05. The van der Waals surface area contributed by atoms with E-state index in [0.717, 1.165) is 48.0 Å². The Labute approximate surface area is 154 Å². The summed E-state index contributed by atoms with van der Waals surface area (Å²) in [5.74, 6) is 2.27. The van der Waals surface area contributed by atoms with E-state index in [1.54, 1.807) is 0 Å². The molecular weight excluding hydrogens is 330 g/mol. The number of aromatic nitrogens is 2. The Bertz CT molecular complexity index is 731. The van der Waals surface area contributed by atoms with E-state index in [9.17, 15) is 0 Å². The van der Waals surface area contributed by atoms with E-state index in [4.69, 9.17) is 14.2 Å². The highest BCUT2D eigenvalue weighted by Crippen LogP contribution is 2.36. The van der Waals surface area contributed by atoms with Crippen molar-refractivity contribution < 1.29 is 14.2 Å². The Morgan fingerprint density at radius 3 is 3.04 bits per heavy atom. The predicted octanol–water partition coefficient (Wildman–Crippen LogP) is 3.49. The number of hydrogen-bond acceptors (Lipinski definition) is 5. The Kier molecular flexibility index (Phi) is 5.41. The molecule has 1 aromatic carbocycles. The van der Waals surface area contributed by atoms with Crippen LogP contribution >= 0.6 is 0 Å². The Balaban J connectivity index is 1.28. The van der Waals surface area contributed by atoms with E-state index in [1.165, 1.54) is 25.7 Å². The summed E-state index contributed by atoms with van der Waals surface area (Å²) >= 11 is 0. The molecule has 140 valence electrons. The third-order valence-corrected chi connectivity index (χ3v) is 5.34. The number of ether oxygens (including phenoxy) is 3. The van der Waals surface area contributed by atoms with E-state index >= 15 is 0 Å². The molecule has 1 saturated carbocycles. The quantitative estimate of drug-likeness (QED) is 0.743. The van der Waals surface area contributed by atoms with Crippen LogP contribution in [0.4, 0.5) is 0 Å². The van der Waals surface area contributed by atoms with Gasteiger partial charge in [-0.1, -0.05) is 19.8 Å². The molecule has 0 saturated heterocycles. The van der Waals surface area contributed by atoms with Crippen molar-refractivity contribution in [2.75, 3.05) is 19.9 Å². The van der Waals surface area contributed by atoms with Crippen molar-refractivity contribution in [1.82, 2.24) is 15.5 Å². The molecule has 0 spiro atoms. The maximum absolute atomic E-state index is 6.06. The summed E-state index contributed by atoms with van der Waals surface area (Å²) in [6.07, 6.45) is 7.46. The van der Waals surface area contributed by atoms with E-state index in [-0.39, 0.29) is 6.79 Å². The molecule has 2 heterocycles. The van der Waals surface area contributed by atoms with Gasteiger partial charge in [-0.2, -0.15) is 5.10 Å². The lowest BCUT2D eigenvalue weighted by molar-refractivity contribution is -0.00322. The van der Waals surface area contributed by atoms with Crippen LogP contribution in [0, 0.1) is 5.92 Å². The van der Waals surface area contributed by atoms with Gasteiger partial charge >= 0.3 is 0 Å². The van der Waals surface area contributed by atoms with E-state index in [0.29, 0.717) is 12.0 Å². The highest BCUT2D eigenvalue weighted by atomic mass is 16.7. The molecule has 0 bridgehead atoms. The lowest BCUT2D eigenvalue weighted by Gasteiger charge is -2.28. The van der Waals surface area contributed by atoms with Crippen molar-refractivity contribution in [2.45, 2.75) is 45.3 Å². The molecule has 0 amide bonds. The smallest absolute Gasteiger partial charge is 0.231 e. The number of rotatable bonds is 7. The molecule has 2 atom stereocenters. The van der Waals surface area contributed by atoms with Gasteiger partial charge in [0.1, 0.15) is 0 Å². The number of benzene rings is 1. The summed E-state index contributed by atoms with van der Waals surface area (Å²) in [7, 11) is 0. The van der Waals surface area contributed by atoms with Crippen molar-refractivity contribution in [1.29, 1.82) is 0 Å². The molecule has 6 heteroatoms. The minimum Gasteiger partial charge on any atom is -0.454 e. The molecule has 2 aromatic rings. The summed E-state index contributed by atoms with van der Waals surface area (Å²) in [4.78, 5) is 0. The molecular formula is C20H27N3O3. The monoisotopic (exact) mass is 357 g/mol. The molecule has 26 heavy (non-hydrogen) atoms. The van der Waals surface area contributed by atoms with Gasteiger partial charge in [0.05, 0.1) is 24.6 Å². The predicted molar refractivity (Wildman–Crippen MR) is 99.2 cm³/mol. The van der Waals surface area contributed by atoms with Crippen molar-refractivity contribution in [3.63, 3.8) is 0 Å². The zero-order valence-corrected chi connectivity index (χ0v) is 15.3. The first-order chi connectivity index (χ1) is 12.8. The molecule has 2 N–H and O–H groups in total. The maximum atomic E-state index is 6.06. The van der Waals surface area contributed by atoms with Gasteiger partial charge < -0.3 is 19.5 Å². The molecule has 4 rings (SSSR count). The standard InChI is InChI=1S/C20H27N3O3/c1-14-4-2-3-5-17(14)24-9-8-21-11-16-12-22-23-20(16)15-6-7-18-19(10-15)26-13-25-18/h6-7,10,12,14,17,21H,2-5,8-9,11,13H2,1H3,(H,22,23)/t14-,17+/m1/s1. The number of fused-ring (bicyclic) bond motifs is 1. The highest BCUT2D eigenvalue weighted by Gasteiger charge is 2.21. The van der Waals surface area contributed by atoms with Crippen LogP contribution in [-0.4, -0.2) is 36.2 Å². The average molecular weight is 357 g/mol. The van der Waals surface area contributed by atoms with Crippen LogP contribution in [0.5, 0.6) is 11.5 Å². The fourth-order valence-electron chi connectivity index (χ4n) is 3.78. The molecule has 1 aromatic heterocycles. The average Bonchev–Trinajstić information content (AvgIpc) is 3.31. The van der Waals surface area contributed by atoms with Crippen LogP contribution in [0.25, 0.3) is 11.3 Å². The highest BCUT2D eigenvalue weighted by molar-refractivity contribution is 5.66. The molecule has 1 aliphatic carbocycles. The van der Waals surface area contributed by atoms with Crippen molar-refractivity contribution in [3.8, 4) is 22.8 Å². The lowest BCUT2D eigenvalue weighted by atomic mass is 9.88. The van der Waals surface area contributed by atoms with Gasteiger partial charge in [0.15, 0.2) is 11.5 Å². The van der Waals surface area contributed by atoms with Gasteiger partial charge in [0.2, 0.25) is 6.79 Å². The number of nitrogens with one attached hydrogen (secondary N) is 2. The fraction of sp³-hybridized carbons (Fsp3) is 0.550. The normalized spacial score (nSPS) is 21.9. The minimum atomic E-state index is 0.287. The van der Waals surface area contributed by atoms with E-state index < -0.39 is 0 Å². The first-order valence-electron chi connectivity index (χ1n) is 9.56. The van der Waals surface area contributed by atoms with Gasteiger partial charge in [-0.15, -0.1) is 0 Å². The summed E-state index contributed by atoms with van der Waals surface area (Å²) in [5.41, 5.74) is 3.20. The lowest BCUT2D eigenvalue weighted by Crippen LogP contribution is -2.29. The van der Waals surface area contributed by atoms with Crippen LogP contribution in [0.2, 0.25) is 0 Å². The first kappa shape index (κ1) is 17.4. The van der Waals surface area contributed by atoms with Gasteiger partial charge in [-0.25, -0.2) is 0 Å². The second kappa shape index (κ2) is 8.10. The SMILES string of the molecule is C[C@@H]1CCCC[C@@H]1OCCNCc1cn[nH]c1-c1ccc2c(c1)OCO2. The summed E-state index contributed by atoms with van der Waals surface area (Å²) < 4.78 is 16.9. The number of nitrogens with zero attached hydrogens (tertiary/aromatic N) is 1. The second-order valence-electron chi connectivity index (χ2n) is 7.19. The Morgan fingerprint density at radius 2 is 2.12 bits per heavy atom. The third kappa shape index (κ3) is 3.86. The van der Waals surface area contributed by atoms with E-state index in [2.05, 4.69) is 22.4 Å². The largest absolute Gasteiger partial charge is 0.454 e. The van der Waals surface area contributed by atoms with Gasteiger partial charge in [0, 0.05) is 24.2 Å². The summed E-state index contributed by atoms with van der Waals surface area (Å²) in [6.45, 7) is 4.95. The number of H-pyrrole nitrogens is 1. The zero-order valence-electron chi connectivity index (χ0n) is 15.3. The maximum Gasteiger partial charge on any atom is 0.231 e. The number of hydrogen-bond donors (Lipinski definition) is 2. The third-order valence-electron chi connectivity index (χ3n) is 5.34. The first-order valence-corrected chi connectivity index (χ1v) is 9.56. The molecule has 6 nitrogen and oxygen atoms in total. The molecule has 2 aliphatic rings. The summed E-state index contributed by atoms with van der Waals surface area (Å²) in [6, 6.07) is 5.96. The topological polar surface area (TPSA) is 68.4 Å². The van der Waals surface area contributed by atoms with Crippen molar-refractivity contribution >= 4 is 0 Å². The van der Waals surface area contributed by atoms with E-state index in [1.807, 2.05) is 24.4 Å². The van der Waals surface area contributed by atoms with Crippen molar-refractivity contribution in [3.05, 3.63) is 30.0 Å². The minimum absolute atomic E-state index is 0.287. The van der Waals surface area contributed by atoms with Gasteiger partial charge in [-0.3, -0.25) is 5.10 Å². The van der Waals surface area contributed by atoms with Gasteiger partial charge in [0.25, 0.3) is 0 Å².